The molecule has 0 aromatic heterocycles. The Morgan fingerprint density at radius 2 is 0.360 bits per heavy atom. The second-order valence-electron chi connectivity index (χ2n) is 24.1. The van der Waals surface area contributed by atoms with Crippen LogP contribution in [-0.2, 0) is 43.2 Å². The molecule has 3 unspecified atom stereocenters. The van der Waals surface area contributed by atoms with Crippen molar-refractivity contribution in [3.05, 3.63) is 0 Å². The van der Waals surface area contributed by atoms with Crippen molar-refractivity contribution in [3.63, 3.8) is 0 Å². The Bertz CT molecular complexity index is 1520. The van der Waals surface area contributed by atoms with E-state index in [1.165, 1.54) is 231 Å². The molecule has 0 heterocycles. The Hall–Kier alpha value is -3.71. The summed E-state index contributed by atoms with van der Waals surface area (Å²) < 4.78 is 0. The second kappa shape index (κ2) is 73.3. The molecule has 20 heteroatoms. The van der Waals surface area contributed by atoms with Crippen LogP contribution in [0.5, 0.6) is 0 Å². The Morgan fingerprint density at radius 1 is 0.225 bits per heavy atom. The molecule has 18 nitrogen and oxygen atoms in total. The summed E-state index contributed by atoms with van der Waals surface area (Å²) in [7, 11) is 0. The molecular weight excluding hydrogens is 1160 g/mol. The molecule has 3 amide bonds. The smallest absolute Gasteiger partial charge is 0.550 e. The van der Waals surface area contributed by atoms with Crippen LogP contribution in [0.3, 0.4) is 0 Å². The first kappa shape index (κ1) is 94.0. The number of nitrogens with one attached hydrogen (secondary N) is 3. The van der Waals surface area contributed by atoms with Crippen molar-refractivity contribution in [1.82, 2.24) is 16.0 Å². The van der Waals surface area contributed by atoms with Crippen molar-refractivity contribution >= 4 is 88.3 Å². The third-order valence-electron chi connectivity index (χ3n) is 15.8. The van der Waals surface area contributed by atoms with Crippen molar-refractivity contribution in [2.24, 2.45) is 0 Å². The molecular formula is C69H123Al2N3O15. The third kappa shape index (κ3) is 76.7. The molecule has 0 aliphatic carbocycles. The summed E-state index contributed by atoms with van der Waals surface area (Å²) in [5.41, 5.74) is 0. The molecule has 510 valence electrons. The van der Waals surface area contributed by atoms with Gasteiger partial charge in [-0.05, 0) is 57.8 Å². The van der Waals surface area contributed by atoms with Crippen LogP contribution in [0.25, 0.3) is 0 Å². The molecule has 0 fully saturated rings. The van der Waals surface area contributed by atoms with Gasteiger partial charge < -0.3 is 75.4 Å². The first-order chi connectivity index (χ1) is 41.9. The molecule has 0 saturated carbocycles. The minimum Gasteiger partial charge on any atom is -0.550 e. The SMILES string of the molecule is CCCCCCCCCCCCCCCCCC(=O)NC(CCC(=O)[O-])C(=O)[O-].CCCCCCCCCCCCCCCCCC(=O)NC(CCC(=O)[O-])C(=O)[O-].CCCCCCCCCCCCCCCCCC(=O)NC(CCC(=O)[O-])C(=O)[O-].[Al+3].[Al+3]. The molecule has 0 rings (SSSR count). The average Bonchev–Trinajstić information content (AvgIpc) is 3.62. The van der Waals surface area contributed by atoms with E-state index < -0.39 is 73.2 Å². The predicted molar refractivity (Wildman–Crippen MR) is 344 cm³/mol. The maximum absolute atomic E-state index is 11.8. The molecule has 0 bridgehead atoms. The molecule has 0 saturated heterocycles. The van der Waals surface area contributed by atoms with Crippen molar-refractivity contribution in [2.45, 2.75) is 386 Å². The Morgan fingerprint density at radius 3 is 0.483 bits per heavy atom. The average molecular weight is 1290 g/mol. The van der Waals surface area contributed by atoms with E-state index >= 15 is 0 Å². The van der Waals surface area contributed by atoms with Gasteiger partial charge in [-0.3, -0.25) is 14.4 Å². The van der Waals surface area contributed by atoms with E-state index in [1.807, 2.05) is 0 Å². The fraction of sp³-hybridized carbons (Fsp3) is 0.870. The Labute approximate surface area is 560 Å². The van der Waals surface area contributed by atoms with E-state index in [4.69, 9.17) is 0 Å². The zero-order valence-electron chi connectivity index (χ0n) is 56.2. The summed E-state index contributed by atoms with van der Waals surface area (Å²) in [6.45, 7) is 6.74. The Kier molecular flexibility index (Phi) is 77.5. The molecule has 3 N–H and O–H groups in total. The van der Waals surface area contributed by atoms with E-state index in [2.05, 4.69) is 36.7 Å². The molecule has 0 radical (unpaired) electrons. The van der Waals surface area contributed by atoms with Gasteiger partial charge in [-0.2, -0.15) is 0 Å². The maximum Gasteiger partial charge on any atom is 3.00 e. The van der Waals surface area contributed by atoms with Crippen LogP contribution >= 0.6 is 0 Å². The van der Waals surface area contributed by atoms with Crippen LogP contribution in [-0.4, -0.2) is 106 Å². The molecule has 0 spiro atoms. The summed E-state index contributed by atoms with van der Waals surface area (Å²) in [5.74, 6) is -9.51. The number of hydrogen-bond donors (Lipinski definition) is 3. The van der Waals surface area contributed by atoms with Crippen LogP contribution in [0.1, 0.15) is 367 Å². The largest absolute Gasteiger partial charge is 3.00 e. The third-order valence-corrected chi connectivity index (χ3v) is 15.8. The molecule has 0 aromatic carbocycles. The van der Waals surface area contributed by atoms with Gasteiger partial charge in [-0.15, -0.1) is 0 Å². The summed E-state index contributed by atoms with van der Waals surface area (Å²) in [4.78, 5) is 99.3. The van der Waals surface area contributed by atoms with E-state index in [0.29, 0.717) is 19.3 Å². The fourth-order valence-electron chi connectivity index (χ4n) is 10.3. The van der Waals surface area contributed by atoms with Gasteiger partial charge in [-0.1, -0.05) is 290 Å². The van der Waals surface area contributed by atoms with Crippen LogP contribution in [0.15, 0.2) is 0 Å². The molecule has 0 aliphatic heterocycles. The molecule has 0 aromatic rings. The standard InChI is InChI=1S/3C23H43NO5.2Al/c3*1-2-3-4-5-6-7-8-9-10-11-12-13-14-15-16-17-21(25)24-20(23(28)29)18-19-22(26)27;;/h3*20H,2-19H2,1H3,(H,24,25)(H,26,27)(H,28,29);;/q;;;2*+3/p-6. The van der Waals surface area contributed by atoms with Crippen LogP contribution < -0.4 is 46.6 Å². The van der Waals surface area contributed by atoms with Crippen molar-refractivity contribution in [3.8, 4) is 0 Å². The Balaban J connectivity index is -0.000000392. The van der Waals surface area contributed by atoms with Crippen molar-refractivity contribution in [2.75, 3.05) is 0 Å². The van der Waals surface area contributed by atoms with Crippen molar-refractivity contribution < 1.29 is 73.8 Å². The number of aliphatic carboxylic acids is 6. The first-order valence-corrected chi connectivity index (χ1v) is 35.0. The van der Waals surface area contributed by atoms with E-state index in [9.17, 15) is 73.8 Å². The van der Waals surface area contributed by atoms with Gasteiger partial charge in [0.2, 0.25) is 17.7 Å². The molecule has 0 aliphatic rings. The van der Waals surface area contributed by atoms with E-state index in [0.717, 1.165) is 38.5 Å². The van der Waals surface area contributed by atoms with Crippen LogP contribution in [0.4, 0.5) is 0 Å². The second-order valence-corrected chi connectivity index (χ2v) is 24.1. The number of amides is 3. The monoisotopic (exact) mass is 1290 g/mol. The van der Waals surface area contributed by atoms with Gasteiger partial charge in [0, 0.05) is 37.2 Å². The van der Waals surface area contributed by atoms with Gasteiger partial charge in [-0.25, -0.2) is 0 Å². The zero-order valence-corrected chi connectivity index (χ0v) is 58.5. The van der Waals surface area contributed by atoms with Gasteiger partial charge in [0.15, 0.2) is 0 Å². The van der Waals surface area contributed by atoms with E-state index in [-0.39, 0.29) is 91.0 Å². The number of carboxylic acid groups (broad SMARTS) is 6. The first-order valence-electron chi connectivity index (χ1n) is 35.0. The fourth-order valence-corrected chi connectivity index (χ4v) is 10.3. The number of unbranched alkanes of at least 4 members (excludes halogenated alkanes) is 42. The zero-order chi connectivity index (χ0) is 65.2. The van der Waals surface area contributed by atoms with Crippen LogP contribution in [0, 0.1) is 0 Å². The number of rotatable bonds is 63. The molecule has 3 atom stereocenters. The van der Waals surface area contributed by atoms with Gasteiger partial charge in [0.05, 0.1) is 36.0 Å². The summed E-state index contributed by atoms with van der Waals surface area (Å²) in [6.07, 6.45) is 54.8. The summed E-state index contributed by atoms with van der Waals surface area (Å²) in [5, 5.41) is 71.0. The molecule has 89 heavy (non-hydrogen) atoms. The van der Waals surface area contributed by atoms with Gasteiger partial charge in [0.25, 0.3) is 0 Å². The quantitative estimate of drug-likeness (QED) is 0.0381. The number of carboxylic acids is 6. The predicted octanol–water partition coefficient (Wildman–Crippen LogP) is 8.28. The number of carbonyl (C=O) groups excluding carboxylic acids is 9. The summed E-state index contributed by atoms with van der Waals surface area (Å²) in [6, 6.07) is -3.80. The number of hydrogen-bond acceptors (Lipinski definition) is 15. The number of carbonyl (C=O) groups is 9. The summed E-state index contributed by atoms with van der Waals surface area (Å²) >= 11 is 0. The topological polar surface area (TPSA) is 328 Å². The maximum atomic E-state index is 11.8. The van der Waals surface area contributed by atoms with E-state index in [1.54, 1.807) is 0 Å². The van der Waals surface area contributed by atoms with Crippen molar-refractivity contribution in [1.29, 1.82) is 0 Å². The minimum absolute atomic E-state index is 0. The van der Waals surface area contributed by atoms with Gasteiger partial charge in [0.1, 0.15) is 0 Å². The van der Waals surface area contributed by atoms with Gasteiger partial charge >= 0.3 is 34.7 Å². The normalized spacial score (nSPS) is 11.6. The minimum atomic E-state index is -1.46. The van der Waals surface area contributed by atoms with Crippen LogP contribution in [0.2, 0.25) is 0 Å².